The highest BCUT2D eigenvalue weighted by molar-refractivity contribution is 9.10. The van der Waals surface area contributed by atoms with Crippen LogP contribution in [0.3, 0.4) is 0 Å². The summed E-state index contributed by atoms with van der Waals surface area (Å²) in [7, 11) is 0. The standard InChI is InChI=1S/C21H20BrNO4/c1-3-11-23-18-10-7-15(22)12-17(18)21(26,20(23)25)13-19(24)14-5-8-16(9-6-14)27-4-2/h3,5-10,12,26H,1,4,11,13H2,2H3/t21-/m0/s1. The monoisotopic (exact) mass is 429 g/mol. The lowest BCUT2D eigenvalue weighted by Crippen LogP contribution is -2.41. The average Bonchev–Trinajstić information content (AvgIpc) is 2.84. The molecule has 0 saturated carbocycles. The van der Waals surface area contributed by atoms with E-state index in [0.29, 0.717) is 29.2 Å². The molecule has 2 aromatic carbocycles. The molecule has 5 nitrogen and oxygen atoms in total. The molecule has 2 aromatic rings. The van der Waals surface area contributed by atoms with Crippen LogP contribution >= 0.6 is 15.9 Å². The van der Waals surface area contributed by atoms with Crippen molar-refractivity contribution < 1.29 is 19.4 Å². The van der Waals surface area contributed by atoms with Crippen molar-refractivity contribution >= 4 is 33.3 Å². The summed E-state index contributed by atoms with van der Waals surface area (Å²) in [5.41, 5.74) is -0.482. The molecular weight excluding hydrogens is 410 g/mol. The molecule has 1 atom stereocenters. The van der Waals surface area contributed by atoms with E-state index in [4.69, 9.17) is 4.74 Å². The maximum absolute atomic E-state index is 12.9. The summed E-state index contributed by atoms with van der Waals surface area (Å²) < 4.78 is 6.10. The number of fused-ring (bicyclic) bond motifs is 1. The fourth-order valence-electron chi connectivity index (χ4n) is 3.24. The number of nitrogens with zero attached hydrogens (tertiary/aromatic N) is 1. The quantitative estimate of drug-likeness (QED) is 0.536. The maximum Gasteiger partial charge on any atom is 0.264 e. The lowest BCUT2D eigenvalue weighted by atomic mass is 9.88. The molecule has 0 fully saturated rings. The zero-order chi connectivity index (χ0) is 19.6. The van der Waals surface area contributed by atoms with Crippen molar-refractivity contribution in [1.82, 2.24) is 0 Å². The Kier molecular flexibility index (Phi) is 5.48. The van der Waals surface area contributed by atoms with E-state index in [1.54, 1.807) is 48.5 Å². The highest BCUT2D eigenvalue weighted by Gasteiger charge is 2.50. The van der Waals surface area contributed by atoms with Gasteiger partial charge in [0.25, 0.3) is 5.91 Å². The van der Waals surface area contributed by atoms with Gasteiger partial charge in [0.1, 0.15) is 5.75 Å². The van der Waals surface area contributed by atoms with Crippen LogP contribution in [0.15, 0.2) is 59.6 Å². The number of ether oxygens (including phenoxy) is 1. The molecule has 1 aliphatic rings. The van der Waals surface area contributed by atoms with Gasteiger partial charge >= 0.3 is 0 Å². The van der Waals surface area contributed by atoms with Crippen LogP contribution in [-0.4, -0.2) is 29.9 Å². The normalized spacial score (nSPS) is 18.3. The molecule has 1 aliphatic heterocycles. The number of halogens is 1. The number of rotatable bonds is 7. The lowest BCUT2D eigenvalue weighted by molar-refractivity contribution is -0.135. The number of benzene rings is 2. The first-order chi connectivity index (χ1) is 12.9. The van der Waals surface area contributed by atoms with Crippen LogP contribution < -0.4 is 9.64 Å². The zero-order valence-corrected chi connectivity index (χ0v) is 16.5. The molecule has 0 saturated heterocycles. The highest BCUT2D eigenvalue weighted by atomic mass is 79.9. The molecule has 1 amide bonds. The third kappa shape index (κ3) is 3.55. The van der Waals surface area contributed by atoms with Crippen molar-refractivity contribution in [2.75, 3.05) is 18.1 Å². The smallest absolute Gasteiger partial charge is 0.264 e. The van der Waals surface area contributed by atoms with Gasteiger partial charge in [0, 0.05) is 22.1 Å². The molecule has 0 unspecified atom stereocenters. The fourth-order valence-corrected chi connectivity index (χ4v) is 3.60. The Morgan fingerprint density at radius 1 is 1.30 bits per heavy atom. The van der Waals surface area contributed by atoms with Gasteiger partial charge in [-0.3, -0.25) is 9.59 Å². The van der Waals surface area contributed by atoms with E-state index >= 15 is 0 Å². The number of carbonyl (C=O) groups excluding carboxylic acids is 2. The Labute approximate surface area is 166 Å². The largest absolute Gasteiger partial charge is 0.494 e. The van der Waals surface area contributed by atoms with Crippen molar-refractivity contribution in [1.29, 1.82) is 0 Å². The summed E-state index contributed by atoms with van der Waals surface area (Å²) in [6, 6.07) is 11.9. The minimum Gasteiger partial charge on any atom is -0.494 e. The molecule has 1 heterocycles. The number of ketones is 1. The Balaban J connectivity index is 1.93. The van der Waals surface area contributed by atoms with Gasteiger partial charge in [0.05, 0.1) is 18.7 Å². The second-order valence-electron chi connectivity index (χ2n) is 6.28. The van der Waals surface area contributed by atoms with Gasteiger partial charge < -0.3 is 14.7 Å². The number of Topliss-reactive ketones (excluding diaryl/α,β-unsaturated/α-hetero) is 1. The second-order valence-corrected chi connectivity index (χ2v) is 7.20. The summed E-state index contributed by atoms with van der Waals surface area (Å²) >= 11 is 3.37. The van der Waals surface area contributed by atoms with Gasteiger partial charge in [-0.1, -0.05) is 22.0 Å². The van der Waals surface area contributed by atoms with E-state index in [9.17, 15) is 14.7 Å². The predicted molar refractivity (Wildman–Crippen MR) is 107 cm³/mol. The van der Waals surface area contributed by atoms with Crippen molar-refractivity contribution in [2.45, 2.75) is 18.9 Å². The van der Waals surface area contributed by atoms with Gasteiger partial charge in [-0.15, -0.1) is 6.58 Å². The van der Waals surface area contributed by atoms with Crippen LogP contribution in [0.2, 0.25) is 0 Å². The molecule has 140 valence electrons. The third-order valence-electron chi connectivity index (χ3n) is 4.51. The Bertz CT molecular complexity index is 894. The summed E-state index contributed by atoms with van der Waals surface area (Å²) in [5, 5.41) is 11.2. The van der Waals surface area contributed by atoms with Crippen LogP contribution in [0, 0.1) is 0 Å². The van der Waals surface area contributed by atoms with Crippen molar-refractivity contribution in [3.8, 4) is 5.75 Å². The summed E-state index contributed by atoms with van der Waals surface area (Å²) in [4.78, 5) is 27.2. The lowest BCUT2D eigenvalue weighted by Gasteiger charge is -2.22. The zero-order valence-electron chi connectivity index (χ0n) is 14.9. The van der Waals surface area contributed by atoms with E-state index in [1.807, 2.05) is 6.92 Å². The van der Waals surface area contributed by atoms with Crippen molar-refractivity contribution in [3.63, 3.8) is 0 Å². The molecule has 6 heteroatoms. The summed E-state index contributed by atoms with van der Waals surface area (Å²) in [6.45, 7) is 6.34. The molecule has 0 bridgehead atoms. The Hall–Kier alpha value is -2.44. The van der Waals surface area contributed by atoms with Gasteiger partial charge in [0.2, 0.25) is 0 Å². The van der Waals surface area contributed by atoms with Gasteiger partial charge in [-0.05, 0) is 49.4 Å². The Morgan fingerprint density at radius 3 is 2.63 bits per heavy atom. The number of hydrogen-bond donors (Lipinski definition) is 1. The molecule has 0 aromatic heterocycles. The van der Waals surface area contributed by atoms with Crippen LogP contribution in [0.4, 0.5) is 5.69 Å². The second kappa shape index (κ2) is 7.66. The van der Waals surface area contributed by atoms with Crippen molar-refractivity contribution in [3.05, 3.63) is 70.7 Å². The Morgan fingerprint density at radius 2 is 2.00 bits per heavy atom. The fraction of sp³-hybridized carbons (Fsp3) is 0.238. The molecule has 0 spiro atoms. The third-order valence-corrected chi connectivity index (χ3v) is 5.00. The minimum atomic E-state index is -1.90. The van der Waals surface area contributed by atoms with Crippen molar-refractivity contribution in [2.24, 2.45) is 0 Å². The van der Waals surface area contributed by atoms with E-state index in [0.717, 1.165) is 4.47 Å². The number of hydrogen-bond acceptors (Lipinski definition) is 4. The molecule has 3 rings (SSSR count). The van der Waals surface area contributed by atoms with Gasteiger partial charge in [-0.25, -0.2) is 0 Å². The van der Waals surface area contributed by atoms with Gasteiger partial charge in [0.15, 0.2) is 11.4 Å². The average molecular weight is 430 g/mol. The van der Waals surface area contributed by atoms with E-state index in [-0.39, 0.29) is 18.7 Å². The summed E-state index contributed by atoms with van der Waals surface area (Å²) in [5.74, 6) is -0.175. The van der Waals surface area contributed by atoms with E-state index < -0.39 is 11.5 Å². The first-order valence-corrected chi connectivity index (χ1v) is 9.41. The van der Waals surface area contributed by atoms with E-state index in [1.165, 1.54) is 4.90 Å². The highest BCUT2D eigenvalue weighted by Crippen LogP contribution is 2.44. The maximum atomic E-state index is 12.9. The SMILES string of the molecule is C=CCN1C(=O)[C@](O)(CC(=O)c2ccc(OCC)cc2)c2cc(Br)ccc21. The minimum absolute atomic E-state index is 0.257. The molecule has 0 radical (unpaired) electrons. The first kappa shape index (κ1) is 19.3. The molecular formula is C21H20BrNO4. The van der Waals surface area contributed by atoms with Crippen LogP contribution in [0.5, 0.6) is 5.75 Å². The number of anilines is 1. The predicted octanol–water partition coefficient (Wildman–Crippen LogP) is 3.84. The van der Waals surface area contributed by atoms with Gasteiger partial charge in [-0.2, -0.15) is 0 Å². The first-order valence-electron chi connectivity index (χ1n) is 8.62. The van der Waals surface area contributed by atoms with E-state index in [2.05, 4.69) is 22.5 Å². The summed E-state index contributed by atoms with van der Waals surface area (Å²) in [6.07, 6.45) is 1.25. The number of amides is 1. The number of aliphatic hydroxyl groups is 1. The molecule has 0 aliphatic carbocycles. The number of carbonyl (C=O) groups is 2. The van der Waals surface area contributed by atoms with Crippen LogP contribution in [-0.2, 0) is 10.4 Å². The van der Waals surface area contributed by atoms with Crippen LogP contribution in [0.1, 0.15) is 29.3 Å². The topological polar surface area (TPSA) is 66.8 Å². The molecule has 27 heavy (non-hydrogen) atoms. The molecule has 1 N–H and O–H groups in total. The van der Waals surface area contributed by atoms with Crippen LogP contribution in [0.25, 0.3) is 0 Å².